The first-order valence-corrected chi connectivity index (χ1v) is 11.9. The number of methoxy groups -OCH3 is 1. The summed E-state index contributed by atoms with van der Waals surface area (Å²) in [6.45, 7) is 0. The topological polar surface area (TPSA) is 85.4 Å². The number of halogens is 1. The molecular formula is C17H15BrN2O4S3. The lowest BCUT2D eigenvalue weighted by Crippen LogP contribution is -2.17. The molecular weight excluding hydrogens is 472 g/mol. The highest BCUT2D eigenvalue weighted by atomic mass is 79.9. The molecule has 1 N–H and O–H groups in total. The summed E-state index contributed by atoms with van der Waals surface area (Å²) in [6, 6.07) is 9.97. The Hall–Kier alpha value is -1.75. The molecule has 0 spiro atoms. The molecule has 0 atom stereocenters. The average molecular weight is 487 g/mol. The molecule has 0 saturated heterocycles. The van der Waals surface area contributed by atoms with Gasteiger partial charge in [0.2, 0.25) is 5.91 Å². The molecule has 1 amide bonds. The minimum atomic E-state index is -3.54. The van der Waals surface area contributed by atoms with Crippen molar-refractivity contribution in [1.29, 1.82) is 0 Å². The number of nitrogens with zero attached hydrogens (tertiary/aromatic N) is 1. The maximum atomic E-state index is 12.3. The van der Waals surface area contributed by atoms with Gasteiger partial charge in [-0.1, -0.05) is 0 Å². The summed E-state index contributed by atoms with van der Waals surface area (Å²) in [5.74, 6) is -0.0919. The summed E-state index contributed by atoms with van der Waals surface area (Å²) < 4.78 is 30.7. The standard InChI is InChI=1S/C17H15BrN2O4S3/c1-24-11-2-4-12(5-3-11)27(22,23)9-8-16(21)20-17-19-13(10-25-17)14-6-7-15(18)26-14/h2-7,10H,8-9H2,1H3,(H,19,20,21). The maximum Gasteiger partial charge on any atom is 0.227 e. The number of carbonyl (C=O) groups excluding carboxylic acids is 1. The van der Waals surface area contributed by atoms with Gasteiger partial charge in [-0.3, -0.25) is 4.79 Å². The molecule has 3 rings (SSSR count). The molecule has 3 aromatic rings. The SMILES string of the molecule is COc1ccc(S(=O)(=O)CCC(=O)Nc2nc(-c3ccc(Br)s3)cs2)cc1. The van der Waals surface area contributed by atoms with Crippen molar-refractivity contribution in [2.45, 2.75) is 11.3 Å². The number of hydrogen-bond donors (Lipinski definition) is 1. The molecule has 0 bridgehead atoms. The zero-order chi connectivity index (χ0) is 19.4. The Morgan fingerprint density at radius 3 is 2.59 bits per heavy atom. The van der Waals surface area contributed by atoms with E-state index in [0.717, 1.165) is 14.4 Å². The summed E-state index contributed by atoms with van der Waals surface area (Å²) in [5.41, 5.74) is 0.775. The van der Waals surface area contributed by atoms with Gasteiger partial charge in [-0.25, -0.2) is 13.4 Å². The summed E-state index contributed by atoms with van der Waals surface area (Å²) >= 11 is 6.25. The van der Waals surface area contributed by atoms with E-state index in [0.29, 0.717) is 10.9 Å². The van der Waals surface area contributed by atoms with Crippen LogP contribution >= 0.6 is 38.6 Å². The number of amides is 1. The van der Waals surface area contributed by atoms with Crippen molar-refractivity contribution in [3.63, 3.8) is 0 Å². The Labute approximate surface area is 173 Å². The number of aromatic nitrogens is 1. The first kappa shape index (κ1) is 20.0. The van der Waals surface area contributed by atoms with Crippen LogP contribution in [-0.2, 0) is 14.6 Å². The van der Waals surface area contributed by atoms with Crippen molar-refractivity contribution in [3.05, 3.63) is 45.6 Å². The zero-order valence-corrected chi connectivity index (χ0v) is 18.2. The van der Waals surface area contributed by atoms with E-state index in [4.69, 9.17) is 4.74 Å². The number of nitrogens with one attached hydrogen (secondary N) is 1. The average Bonchev–Trinajstić information content (AvgIpc) is 3.29. The second-order valence-corrected chi connectivity index (χ2v) is 10.9. The Morgan fingerprint density at radius 1 is 1.22 bits per heavy atom. The van der Waals surface area contributed by atoms with E-state index in [-0.39, 0.29) is 23.0 Å². The van der Waals surface area contributed by atoms with E-state index in [1.165, 1.54) is 30.6 Å². The van der Waals surface area contributed by atoms with Crippen LogP contribution in [0.4, 0.5) is 5.13 Å². The molecule has 0 saturated carbocycles. The van der Waals surface area contributed by atoms with E-state index in [2.05, 4.69) is 26.2 Å². The van der Waals surface area contributed by atoms with Gasteiger partial charge >= 0.3 is 0 Å². The van der Waals surface area contributed by atoms with Gasteiger partial charge in [0.05, 0.1) is 32.1 Å². The van der Waals surface area contributed by atoms with Gasteiger partial charge in [0.15, 0.2) is 15.0 Å². The number of hydrogen-bond acceptors (Lipinski definition) is 7. The molecule has 10 heteroatoms. The Balaban J connectivity index is 1.58. The van der Waals surface area contributed by atoms with Gasteiger partial charge in [0.25, 0.3) is 0 Å². The fourth-order valence-corrected chi connectivity index (χ4v) is 5.59. The quantitative estimate of drug-likeness (QED) is 0.533. The molecule has 0 fully saturated rings. The van der Waals surface area contributed by atoms with Gasteiger partial charge < -0.3 is 10.1 Å². The number of benzene rings is 1. The molecule has 0 unspecified atom stereocenters. The van der Waals surface area contributed by atoms with E-state index < -0.39 is 9.84 Å². The van der Waals surface area contributed by atoms with Crippen LogP contribution < -0.4 is 10.1 Å². The fraction of sp³-hybridized carbons (Fsp3) is 0.176. The lowest BCUT2D eigenvalue weighted by atomic mass is 10.3. The lowest BCUT2D eigenvalue weighted by molar-refractivity contribution is -0.115. The smallest absolute Gasteiger partial charge is 0.227 e. The highest BCUT2D eigenvalue weighted by Crippen LogP contribution is 2.33. The van der Waals surface area contributed by atoms with Crippen LogP contribution in [-0.4, -0.2) is 32.2 Å². The molecule has 6 nitrogen and oxygen atoms in total. The van der Waals surface area contributed by atoms with Gasteiger partial charge in [-0.15, -0.1) is 22.7 Å². The zero-order valence-electron chi connectivity index (χ0n) is 14.1. The number of thiazole rings is 1. The number of sulfone groups is 1. The number of rotatable bonds is 7. The summed E-state index contributed by atoms with van der Waals surface area (Å²) in [6.07, 6.45) is -0.145. The third kappa shape index (κ3) is 5.16. The first-order chi connectivity index (χ1) is 12.9. The van der Waals surface area contributed by atoms with Crippen molar-refractivity contribution in [3.8, 4) is 16.3 Å². The number of ether oxygens (including phenoxy) is 1. The number of anilines is 1. The summed E-state index contributed by atoms with van der Waals surface area (Å²) in [5, 5.41) is 4.95. The molecule has 0 aliphatic heterocycles. The van der Waals surface area contributed by atoms with E-state index >= 15 is 0 Å². The second-order valence-electron chi connectivity index (χ2n) is 5.43. The third-order valence-corrected chi connectivity index (χ3v) is 7.73. The van der Waals surface area contributed by atoms with E-state index in [1.54, 1.807) is 23.5 Å². The van der Waals surface area contributed by atoms with Gasteiger partial charge in [-0.2, -0.15) is 0 Å². The monoisotopic (exact) mass is 486 g/mol. The molecule has 0 aliphatic carbocycles. The molecule has 2 heterocycles. The number of carbonyl (C=O) groups is 1. The lowest BCUT2D eigenvalue weighted by Gasteiger charge is -2.06. The second kappa shape index (κ2) is 8.51. The third-order valence-electron chi connectivity index (χ3n) is 3.59. The molecule has 27 heavy (non-hydrogen) atoms. The van der Waals surface area contributed by atoms with E-state index in [1.807, 2.05) is 17.5 Å². The highest BCUT2D eigenvalue weighted by molar-refractivity contribution is 9.11. The molecule has 1 aromatic carbocycles. The summed E-state index contributed by atoms with van der Waals surface area (Å²) in [7, 11) is -2.04. The molecule has 2 aromatic heterocycles. The van der Waals surface area contributed by atoms with E-state index in [9.17, 15) is 13.2 Å². The molecule has 0 radical (unpaired) electrons. The largest absolute Gasteiger partial charge is 0.497 e. The van der Waals surface area contributed by atoms with Gasteiger partial charge in [-0.05, 0) is 52.3 Å². The molecule has 142 valence electrons. The van der Waals surface area contributed by atoms with Crippen LogP contribution in [0.1, 0.15) is 6.42 Å². The van der Waals surface area contributed by atoms with Gasteiger partial charge in [0.1, 0.15) is 5.75 Å². The Bertz CT molecular complexity index is 1040. The predicted molar refractivity (Wildman–Crippen MR) is 111 cm³/mol. The van der Waals surface area contributed by atoms with Crippen molar-refractivity contribution in [1.82, 2.24) is 4.98 Å². The predicted octanol–water partition coefficient (Wildman–Crippen LogP) is 4.45. The van der Waals surface area contributed by atoms with Crippen LogP contribution in [0.15, 0.2) is 50.5 Å². The highest BCUT2D eigenvalue weighted by Gasteiger charge is 2.17. The number of thiophene rings is 1. The minimum Gasteiger partial charge on any atom is -0.497 e. The van der Waals surface area contributed by atoms with Crippen molar-refractivity contribution in [2.75, 3.05) is 18.2 Å². The van der Waals surface area contributed by atoms with Crippen molar-refractivity contribution in [2.24, 2.45) is 0 Å². The molecule has 0 aliphatic rings. The van der Waals surface area contributed by atoms with Crippen LogP contribution in [0.2, 0.25) is 0 Å². The van der Waals surface area contributed by atoms with Crippen LogP contribution in [0, 0.1) is 0 Å². The van der Waals surface area contributed by atoms with Gasteiger partial charge in [0, 0.05) is 11.8 Å². The van der Waals surface area contributed by atoms with Crippen molar-refractivity contribution >= 4 is 59.5 Å². The van der Waals surface area contributed by atoms with Crippen LogP contribution in [0.3, 0.4) is 0 Å². The summed E-state index contributed by atoms with van der Waals surface area (Å²) in [4.78, 5) is 17.6. The van der Waals surface area contributed by atoms with Crippen molar-refractivity contribution < 1.29 is 17.9 Å². The Kier molecular flexibility index (Phi) is 6.30. The fourth-order valence-electron chi connectivity index (χ4n) is 2.21. The first-order valence-electron chi connectivity index (χ1n) is 7.75. The minimum absolute atomic E-state index is 0.145. The normalized spacial score (nSPS) is 11.3. The Morgan fingerprint density at radius 2 is 1.96 bits per heavy atom. The van der Waals surface area contributed by atoms with Crippen LogP contribution in [0.5, 0.6) is 5.75 Å². The maximum absolute atomic E-state index is 12.3. The van der Waals surface area contributed by atoms with Crippen LogP contribution in [0.25, 0.3) is 10.6 Å².